The number of ether oxygens (including phenoxy) is 1. The molecule has 0 bridgehead atoms. The van der Waals surface area contributed by atoms with Gasteiger partial charge in [0.05, 0.1) is 19.1 Å². The first-order chi connectivity index (χ1) is 9.26. The normalized spacial score (nSPS) is 9.89. The predicted molar refractivity (Wildman–Crippen MR) is 73.3 cm³/mol. The summed E-state index contributed by atoms with van der Waals surface area (Å²) in [5.74, 6) is 0.0808. The summed E-state index contributed by atoms with van der Waals surface area (Å²) >= 11 is 1.26. The molecule has 0 saturated carbocycles. The fourth-order valence-electron chi connectivity index (χ4n) is 1.57. The van der Waals surface area contributed by atoms with Crippen molar-refractivity contribution in [1.29, 1.82) is 5.26 Å². The fourth-order valence-corrected chi connectivity index (χ4v) is 2.53. The first-order valence-electron chi connectivity index (χ1n) is 5.85. The van der Waals surface area contributed by atoms with Gasteiger partial charge in [-0.15, -0.1) is 11.3 Å². The van der Waals surface area contributed by atoms with Crippen molar-refractivity contribution in [3.63, 3.8) is 0 Å². The zero-order chi connectivity index (χ0) is 13.7. The third-order valence-corrected chi connectivity index (χ3v) is 3.52. The maximum Gasteiger partial charge on any atom is 0.236 e. The summed E-state index contributed by atoms with van der Waals surface area (Å²) in [4.78, 5) is 16.6. The maximum absolute atomic E-state index is 11.9. The number of hydrogen-bond donors (Lipinski definition) is 0. The van der Waals surface area contributed by atoms with Crippen molar-refractivity contribution in [3.8, 4) is 22.5 Å². The number of thiazole rings is 1. The van der Waals surface area contributed by atoms with E-state index in [1.807, 2.05) is 43.3 Å². The molecule has 4 nitrogen and oxygen atoms in total. The van der Waals surface area contributed by atoms with E-state index in [1.165, 1.54) is 11.3 Å². The van der Waals surface area contributed by atoms with E-state index in [2.05, 4.69) is 4.98 Å². The summed E-state index contributed by atoms with van der Waals surface area (Å²) < 4.78 is 5.38. The Hall–Kier alpha value is -2.19. The standard InChI is InChI=1S/C14H12N2O2S/c1-2-18-13-12(11(17)8-9-15)19-14(16-13)10-6-4-3-5-7-10/h3-7H,2,8H2,1H3. The second kappa shape index (κ2) is 6.12. The van der Waals surface area contributed by atoms with Gasteiger partial charge in [0.1, 0.15) is 9.88 Å². The van der Waals surface area contributed by atoms with E-state index >= 15 is 0 Å². The molecule has 5 heteroatoms. The zero-order valence-electron chi connectivity index (χ0n) is 10.4. The van der Waals surface area contributed by atoms with Gasteiger partial charge in [-0.25, -0.2) is 4.98 Å². The van der Waals surface area contributed by atoms with Gasteiger partial charge in [0.15, 0.2) is 5.78 Å². The van der Waals surface area contributed by atoms with Crippen LogP contribution in [0.5, 0.6) is 5.88 Å². The van der Waals surface area contributed by atoms with Gasteiger partial charge in [-0.2, -0.15) is 5.26 Å². The molecule has 0 amide bonds. The Balaban J connectivity index is 2.41. The molecule has 0 fully saturated rings. The second-order valence-corrected chi connectivity index (χ2v) is 4.71. The molecule has 0 unspecified atom stereocenters. The summed E-state index contributed by atoms with van der Waals surface area (Å²) in [5, 5.41) is 9.34. The van der Waals surface area contributed by atoms with Gasteiger partial charge in [-0.3, -0.25) is 4.79 Å². The van der Waals surface area contributed by atoms with E-state index in [-0.39, 0.29) is 12.2 Å². The third kappa shape index (κ3) is 2.98. The molecule has 1 aromatic carbocycles. The van der Waals surface area contributed by atoms with Crippen LogP contribution in [-0.4, -0.2) is 17.4 Å². The molecule has 96 valence electrons. The molecule has 2 rings (SSSR count). The lowest BCUT2D eigenvalue weighted by molar-refractivity contribution is 0.0998. The van der Waals surface area contributed by atoms with Crippen LogP contribution in [-0.2, 0) is 0 Å². The number of hydrogen-bond acceptors (Lipinski definition) is 5. The van der Waals surface area contributed by atoms with Gasteiger partial charge < -0.3 is 4.74 Å². The summed E-state index contributed by atoms with van der Waals surface area (Å²) in [6, 6.07) is 11.4. The zero-order valence-corrected chi connectivity index (χ0v) is 11.2. The minimum absolute atomic E-state index is 0.156. The lowest BCUT2D eigenvalue weighted by Crippen LogP contribution is -2.00. The Morgan fingerprint density at radius 3 is 2.79 bits per heavy atom. The fraction of sp³-hybridized carbons (Fsp3) is 0.214. The van der Waals surface area contributed by atoms with Crippen LogP contribution in [0.4, 0.5) is 0 Å². The molecule has 0 spiro atoms. The number of carbonyl (C=O) groups excluding carboxylic acids is 1. The topological polar surface area (TPSA) is 63.0 Å². The van der Waals surface area contributed by atoms with E-state index in [9.17, 15) is 4.79 Å². The minimum atomic E-state index is -0.245. The number of Topliss-reactive ketones (excluding diaryl/α,β-unsaturated/α-hetero) is 1. The van der Waals surface area contributed by atoms with Gasteiger partial charge in [0.2, 0.25) is 5.88 Å². The lowest BCUT2D eigenvalue weighted by atomic mass is 10.2. The highest BCUT2D eigenvalue weighted by atomic mass is 32.1. The van der Waals surface area contributed by atoms with E-state index in [0.29, 0.717) is 17.4 Å². The van der Waals surface area contributed by atoms with Crippen molar-refractivity contribution >= 4 is 17.1 Å². The molecule has 0 radical (unpaired) electrons. The van der Waals surface area contributed by atoms with Crippen molar-refractivity contribution in [3.05, 3.63) is 35.2 Å². The molecule has 0 atom stereocenters. The van der Waals surface area contributed by atoms with Crippen molar-refractivity contribution in [2.75, 3.05) is 6.61 Å². The molecule has 0 saturated heterocycles. The SMILES string of the molecule is CCOc1nc(-c2ccccc2)sc1C(=O)CC#N. The number of nitrogens with zero attached hydrogens (tertiary/aromatic N) is 2. The first kappa shape index (κ1) is 13.2. The van der Waals surface area contributed by atoms with Gasteiger partial charge >= 0.3 is 0 Å². The number of ketones is 1. The number of nitriles is 1. The van der Waals surface area contributed by atoms with E-state index in [0.717, 1.165) is 10.6 Å². The van der Waals surface area contributed by atoms with Crippen LogP contribution in [0.1, 0.15) is 23.0 Å². The number of benzene rings is 1. The Kier molecular flexibility index (Phi) is 4.26. The molecule has 0 aliphatic heterocycles. The molecule has 1 heterocycles. The van der Waals surface area contributed by atoms with Crippen LogP contribution in [0.25, 0.3) is 10.6 Å². The molecule has 2 aromatic rings. The minimum Gasteiger partial charge on any atom is -0.477 e. The number of rotatable bonds is 5. The van der Waals surface area contributed by atoms with Crippen LogP contribution in [0, 0.1) is 11.3 Å². The number of carbonyl (C=O) groups is 1. The van der Waals surface area contributed by atoms with Gasteiger partial charge in [0.25, 0.3) is 0 Å². The van der Waals surface area contributed by atoms with Crippen LogP contribution < -0.4 is 4.74 Å². The molecule has 19 heavy (non-hydrogen) atoms. The monoisotopic (exact) mass is 272 g/mol. The first-order valence-corrected chi connectivity index (χ1v) is 6.67. The van der Waals surface area contributed by atoms with Crippen LogP contribution >= 0.6 is 11.3 Å². The highest BCUT2D eigenvalue weighted by Crippen LogP contribution is 2.33. The van der Waals surface area contributed by atoms with Crippen LogP contribution in [0.15, 0.2) is 30.3 Å². The maximum atomic E-state index is 11.9. The average molecular weight is 272 g/mol. The smallest absolute Gasteiger partial charge is 0.236 e. The summed E-state index contributed by atoms with van der Waals surface area (Å²) in [5.41, 5.74) is 0.935. The van der Waals surface area contributed by atoms with Crippen molar-refractivity contribution in [2.45, 2.75) is 13.3 Å². The lowest BCUT2D eigenvalue weighted by Gasteiger charge is -1.99. The molecule has 0 aliphatic carbocycles. The Bertz CT molecular complexity index is 614. The highest BCUT2D eigenvalue weighted by Gasteiger charge is 2.19. The van der Waals surface area contributed by atoms with Gasteiger partial charge in [-0.1, -0.05) is 30.3 Å². The van der Waals surface area contributed by atoms with E-state index < -0.39 is 0 Å². The predicted octanol–water partition coefficient (Wildman–Crippen LogP) is 3.31. The summed E-state index contributed by atoms with van der Waals surface area (Å²) in [7, 11) is 0. The van der Waals surface area contributed by atoms with Crippen molar-refractivity contribution < 1.29 is 9.53 Å². The molecule has 0 aliphatic rings. The summed E-state index contributed by atoms with van der Waals surface area (Å²) in [6.07, 6.45) is -0.156. The molecule has 0 N–H and O–H groups in total. The van der Waals surface area contributed by atoms with Crippen molar-refractivity contribution in [1.82, 2.24) is 4.98 Å². The molecular formula is C14H12N2O2S. The quantitative estimate of drug-likeness (QED) is 0.783. The third-order valence-electron chi connectivity index (χ3n) is 2.39. The summed E-state index contributed by atoms with van der Waals surface area (Å²) in [6.45, 7) is 2.27. The van der Waals surface area contributed by atoms with E-state index in [1.54, 1.807) is 0 Å². The van der Waals surface area contributed by atoms with E-state index in [4.69, 9.17) is 10.00 Å². The molecule has 1 aromatic heterocycles. The second-order valence-electron chi connectivity index (χ2n) is 3.71. The van der Waals surface area contributed by atoms with Crippen LogP contribution in [0.3, 0.4) is 0 Å². The highest BCUT2D eigenvalue weighted by molar-refractivity contribution is 7.17. The van der Waals surface area contributed by atoms with Crippen LogP contribution in [0.2, 0.25) is 0 Å². The average Bonchev–Trinajstić information content (AvgIpc) is 2.85. The Morgan fingerprint density at radius 1 is 1.42 bits per heavy atom. The molecular weight excluding hydrogens is 260 g/mol. The van der Waals surface area contributed by atoms with Crippen molar-refractivity contribution in [2.24, 2.45) is 0 Å². The van der Waals surface area contributed by atoms with Gasteiger partial charge in [0, 0.05) is 5.56 Å². The largest absolute Gasteiger partial charge is 0.477 e. The Morgan fingerprint density at radius 2 is 2.16 bits per heavy atom. The Labute approximate surface area is 115 Å². The number of aromatic nitrogens is 1. The van der Waals surface area contributed by atoms with Gasteiger partial charge in [-0.05, 0) is 6.92 Å².